The van der Waals surface area contributed by atoms with Gasteiger partial charge in [0.1, 0.15) is 11.7 Å². The molecule has 0 N–H and O–H groups in total. The highest BCUT2D eigenvalue weighted by atomic mass is 32.1. The van der Waals surface area contributed by atoms with Gasteiger partial charge >= 0.3 is 18.0 Å². The van der Waals surface area contributed by atoms with Gasteiger partial charge in [0.2, 0.25) is 0 Å². The Labute approximate surface area is 172 Å². The maximum Gasteiger partial charge on any atom is 0.443 e. The standard InChI is InChI=1S/C20H17F6N3S/c21-19(22,23)18(20(24,25)26)27-16(13-7-2-1-3-8-13)29(14-9-4-5-10-14)17(28-18)15-11-6-12-30-15/h1-3,6-8,11-12,14H,4-5,9-10H2. The molecule has 1 aromatic heterocycles. The zero-order valence-electron chi connectivity index (χ0n) is 15.5. The van der Waals surface area contributed by atoms with E-state index in [0.717, 1.165) is 24.2 Å². The molecule has 1 aliphatic heterocycles. The van der Waals surface area contributed by atoms with Gasteiger partial charge in [-0.05, 0) is 24.3 Å². The van der Waals surface area contributed by atoms with Crippen LogP contribution in [0.25, 0.3) is 0 Å². The van der Waals surface area contributed by atoms with Crippen LogP contribution >= 0.6 is 11.3 Å². The number of hydrogen-bond donors (Lipinski definition) is 0. The van der Waals surface area contributed by atoms with E-state index in [0.29, 0.717) is 12.8 Å². The third kappa shape index (κ3) is 3.40. The molecule has 2 heterocycles. The normalized spacial score (nSPS) is 20.3. The first kappa shape index (κ1) is 20.9. The smallest absolute Gasteiger partial charge is 0.307 e. The second-order valence-electron chi connectivity index (χ2n) is 7.19. The van der Waals surface area contributed by atoms with Crippen LogP contribution in [-0.4, -0.2) is 40.6 Å². The van der Waals surface area contributed by atoms with Crippen LogP contribution in [0.2, 0.25) is 0 Å². The van der Waals surface area contributed by atoms with E-state index in [2.05, 4.69) is 9.98 Å². The molecule has 0 bridgehead atoms. The van der Waals surface area contributed by atoms with Crippen molar-refractivity contribution < 1.29 is 26.3 Å². The largest absolute Gasteiger partial charge is 0.443 e. The molecule has 2 aliphatic rings. The van der Waals surface area contributed by atoms with Crippen LogP contribution in [0.4, 0.5) is 26.3 Å². The van der Waals surface area contributed by atoms with Crippen molar-refractivity contribution in [1.29, 1.82) is 0 Å². The van der Waals surface area contributed by atoms with Crippen molar-refractivity contribution in [2.45, 2.75) is 49.7 Å². The van der Waals surface area contributed by atoms with E-state index < -0.39 is 18.0 Å². The van der Waals surface area contributed by atoms with Crippen LogP contribution in [0.15, 0.2) is 57.8 Å². The lowest BCUT2D eigenvalue weighted by Crippen LogP contribution is -2.60. The predicted octanol–water partition coefficient (Wildman–Crippen LogP) is 6.02. The summed E-state index contributed by atoms with van der Waals surface area (Å²) in [6, 6.07) is 10.5. The van der Waals surface area contributed by atoms with E-state index >= 15 is 0 Å². The van der Waals surface area contributed by atoms with E-state index in [-0.39, 0.29) is 28.2 Å². The molecule has 0 saturated heterocycles. The lowest BCUT2D eigenvalue weighted by atomic mass is 10.0. The average molecular weight is 445 g/mol. The molecule has 160 valence electrons. The number of alkyl halides is 6. The third-order valence-corrected chi connectivity index (χ3v) is 6.11. The van der Waals surface area contributed by atoms with E-state index in [9.17, 15) is 26.3 Å². The molecular weight excluding hydrogens is 428 g/mol. The molecule has 3 nitrogen and oxygen atoms in total. The molecule has 1 saturated carbocycles. The van der Waals surface area contributed by atoms with Crippen molar-refractivity contribution in [3.05, 3.63) is 58.3 Å². The monoisotopic (exact) mass is 445 g/mol. The highest BCUT2D eigenvalue weighted by molar-refractivity contribution is 7.12. The summed E-state index contributed by atoms with van der Waals surface area (Å²) in [5.41, 5.74) is -4.37. The van der Waals surface area contributed by atoms with Gasteiger partial charge in [-0.2, -0.15) is 26.3 Å². The molecule has 2 aromatic rings. The molecule has 0 spiro atoms. The van der Waals surface area contributed by atoms with Gasteiger partial charge in [0.15, 0.2) is 0 Å². The maximum absolute atomic E-state index is 14.0. The summed E-state index contributed by atoms with van der Waals surface area (Å²) >= 11 is 1.05. The summed E-state index contributed by atoms with van der Waals surface area (Å²) in [5.74, 6) is -0.684. The summed E-state index contributed by atoms with van der Waals surface area (Å²) in [7, 11) is 0. The van der Waals surface area contributed by atoms with Crippen LogP contribution in [0.3, 0.4) is 0 Å². The van der Waals surface area contributed by atoms with Gasteiger partial charge in [0.05, 0.1) is 4.88 Å². The second-order valence-corrected chi connectivity index (χ2v) is 8.14. The first-order chi connectivity index (χ1) is 14.1. The van der Waals surface area contributed by atoms with E-state index in [1.165, 1.54) is 23.1 Å². The molecular formula is C20H17F6N3S. The lowest BCUT2D eigenvalue weighted by molar-refractivity contribution is -0.293. The minimum atomic E-state index is -5.75. The zero-order chi connectivity index (χ0) is 21.6. The Bertz CT molecular complexity index is 927. The maximum atomic E-state index is 14.0. The van der Waals surface area contributed by atoms with E-state index in [4.69, 9.17) is 0 Å². The van der Waals surface area contributed by atoms with Gasteiger partial charge in [-0.15, -0.1) is 11.3 Å². The minimum Gasteiger partial charge on any atom is -0.307 e. The van der Waals surface area contributed by atoms with Crippen molar-refractivity contribution in [2.75, 3.05) is 0 Å². The van der Waals surface area contributed by atoms with E-state index in [1.54, 1.807) is 29.6 Å². The van der Waals surface area contributed by atoms with Gasteiger partial charge in [-0.3, -0.25) is 0 Å². The summed E-state index contributed by atoms with van der Waals surface area (Å²) in [4.78, 5) is 8.35. The number of halogens is 6. The molecule has 1 fully saturated rings. The van der Waals surface area contributed by atoms with Crippen LogP contribution < -0.4 is 0 Å². The lowest BCUT2D eigenvalue weighted by Gasteiger charge is -2.41. The molecule has 0 unspecified atom stereocenters. The Balaban J connectivity index is 2.02. The van der Waals surface area contributed by atoms with Crippen molar-refractivity contribution in [2.24, 2.45) is 9.98 Å². The Morgan fingerprint density at radius 3 is 1.97 bits per heavy atom. The highest BCUT2D eigenvalue weighted by Crippen LogP contribution is 2.50. The summed E-state index contributed by atoms with van der Waals surface area (Å²) in [6.45, 7) is 0. The quantitative estimate of drug-likeness (QED) is 0.531. The molecule has 1 aliphatic carbocycles. The summed E-state index contributed by atoms with van der Waals surface area (Å²) in [5, 5.41) is 1.60. The second kappa shape index (κ2) is 7.40. The Kier molecular flexibility index (Phi) is 5.16. The zero-order valence-corrected chi connectivity index (χ0v) is 16.4. The predicted molar refractivity (Wildman–Crippen MR) is 103 cm³/mol. The fraction of sp³-hybridized carbons (Fsp3) is 0.400. The van der Waals surface area contributed by atoms with Crippen molar-refractivity contribution in [1.82, 2.24) is 4.90 Å². The van der Waals surface area contributed by atoms with Gasteiger partial charge in [-0.1, -0.05) is 49.2 Å². The van der Waals surface area contributed by atoms with Crippen LogP contribution in [0.1, 0.15) is 36.1 Å². The Morgan fingerprint density at radius 2 is 1.43 bits per heavy atom. The number of amidine groups is 2. The number of rotatable bonds is 3. The number of thiophene rings is 1. The number of benzene rings is 1. The van der Waals surface area contributed by atoms with Gasteiger partial charge in [-0.25, -0.2) is 9.98 Å². The average Bonchev–Trinajstić information content (AvgIpc) is 3.40. The van der Waals surface area contributed by atoms with Crippen molar-refractivity contribution >= 4 is 23.0 Å². The molecule has 0 atom stereocenters. The first-order valence-electron chi connectivity index (χ1n) is 9.36. The van der Waals surface area contributed by atoms with Crippen LogP contribution in [0.5, 0.6) is 0 Å². The molecule has 4 rings (SSSR count). The number of hydrogen-bond acceptors (Lipinski definition) is 4. The minimum absolute atomic E-state index is 0.186. The molecule has 0 amide bonds. The van der Waals surface area contributed by atoms with Crippen molar-refractivity contribution in [3.63, 3.8) is 0 Å². The van der Waals surface area contributed by atoms with Crippen molar-refractivity contribution in [3.8, 4) is 0 Å². The Hall–Kier alpha value is -2.36. The third-order valence-electron chi connectivity index (χ3n) is 5.25. The topological polar surface area (TPSA) is 28.0 Å². The van der Waals surface area contributed by atoms with Gasteiger partial charge in [0, 0.05) is 11.6 Å². The first-order valence-corrected chi connectivity index (χ1v) is 10.2. The molecule has 0 radical (unpaired) electrons. The fourth-order valence-corrected chi connectivity index (χ4v) is 4.54. The van der Waals surface area contributed by atoms with Crippen LogP contribution in [-0.2, 0) is 0 Å². The van der Waals surface area contributed by atoms with Gasteiger partial charge < -0.3 is 4.90 Å². The van der Waals surface area contributed by atoms with Crippen LogP contribution in [0, 0.1) is 0 Å². The molecule has 30 heavy (non-hydrogen) atoms. The van der Waals surface area contributed by atoms with E-state index in [1.807, 2.05) is 0 Å². The molecule has 1 aromatic carbocycles. The highest BCUT2D eigenvalue weighted by Gasteiger charge is 2.74. The summed E-state index contributed by atoms with van der Waals surface area (Å²) in [6.07, 6.45) is -8.55. The fourth-order valence-electron chi connectivity index (χ4n) is 3.83. The number of aliphatic imine (C=N–C) groups is 2. The molecule has 10 heteroatoms. The SMILES string of the molecule is FC(F)(F)C1(C(F)(F)F)N=C(c2ccccc2)N(C2CCCC2)C(c2cccs2)=N1. The Morgan fingerprint density at radius 1 is 0.833 bits per heavy atom. The van der Waals surface area contributed by atoms with Gasteiger partial charge in [0.25, 0.3) is 0 Å². The summed E-state index contributed by atoms with van der Waals surface area (Å²) < 4.78 is 83.7. The number of nitrogens with zero attached hydrogens (tertiary/aromatic N) is 3.